The van der Waals surface area contributed by atoms with Crippen LogP contribution < -0.4 is 0 Å². The van der Waals surface area contributed by atoms with Crippen LogP contribution in [0.3, 0.4) is 0 Å². The first kappa shape index (κ1) is 11.9. The number of aryl methyl sites for hydroxylation is 2. The molecule has 2 heterocycles. The number of nitro groups is 1. The van der Waals surface area contributed by atoms with Crippen molar-refractivity contribution >= 4 is 17.3 Å². The highest BCUT2D eigenvalue weighted by atomic mass is 16.6. The third kappa shape index (κ3) is 1.97. The van der Waals surface area contributed by atoms with Crippen LogP contribution in [-0.4, -0.2) is 24.7 Å². The summed E-state index contributed by atoms with van der Waals surface area (Å²) >= 11 is 0. The molecule has 0 unspecified atom stereocenters. The van der Waals surface area contributed by atoms with Crippen molar-refractivity contribution in [3.63, 3.8) is 0 Å². The van der Waals surface area contributed by atoms with E-state index in [0.29, 0.717) is 11.4 Å². The average Bonchev–Trinajstić information content (AvgIpc) is 2.84. The van der Waals surface area contributed by atoms with Crippen molar-refractivity contribution in [2.24, 2.45) is 17.3 Å². The van der Waals surface area contributed by atoms with Gasteiger partial charge in [0.15, 0.2) is 6.33 Å². The fourth-order valence-electron chi connectivity index (χ4n) is 1.49. The van der Waals surface area contributed by atoms with Gasteiger partial charge >= 0.3 is 5.82 Å². The third-order valence-corrected chi connectivity index (χ3v) is 2.50. The third-order valence-electron chi connectivity index (χ3n) is 2.50. The number of hydrogen-bond acceptors (Lipinski definition) is 6. The lowest BCUT2D eigenvalue weighted by molar-refractivity contribution is -0.388. The second-order valence-corrected chi connectivity index (χ2v) is 3.67. The molecule has 0 aromatic carbocycles. The van der Waals surface area contributed by atoms with Crippen LogP contribution in [0, 0.1) is 24.0 Å². The summed E-state index contributed by atoms with van der Waals surface area (Å²) in [5.74, 6) is -0.333. The number of azo groups is 1. The summed E-state index contributed by atoms with van der Waals surface area (Å²) in [7, 11) is 1.79. The monoisotopic (exact) mass is 249 g/mol. The molecule has 2 rings (SSSR count). The van der Waals surface area contributed by atoms with Gasteiger partial charge in [0.1, 0.15) is 5.69 Å². The minimum absolute atomic E-state index is 0.0531. The van der Waals surface area contributed by atoms with Gasteiger partial charge in [0, 0.05) is 7.05 Å². The van der Waals surface area contributed by atoms with Crippen molar-refractivity contribution in [1.29, 1.82) is 0 Å². The molecule has 9 nitrogen and oxygen atoms in total. The Morgan fingerprint density at radius 2 is 2.17 bits per heavy atom. The van der Waals surface area contributed by atoms with E-state index in [4.69, 9.17) is 0 Å². The summed E-state index contributed by atoms with van der Waals surface area (Å²) in [4.78, 5) is 16.2. The van der Waals surface area contributed by atoms with E-state index >= 15 is 0 Å². The first-order valence-electron chi connectivity index (χ1n) is 5.10. The maximum Gasteiger partial charge on any atom is 0.369 e. The maximum atomic E-state index is 10.6. The van der Waals surface area contributed by atoms with E-state index in [1.807, 2.05) is 6.92 Å². The van der Waals surface area contributed by atoms with Crippen LogP contribution in [0.1, 0.15) is 11.4 Å². The second-order valence-electron chi connectivity index (χ2n) is 3.67. The van der Waals surface area contributed by atoms with Crippen molar-refractivity contribution in [1.82, 2.24) is 19.7 Å². The minimum Gasteiger partial charge on any atom is -0.358 e. The second kappa shape index (κ2) is 4.35. The van der Waals surface area contributed by atoms with Gasteiger partial charge in [-0.3, -0.25) is 4.68 Å². The van der Waals surface area contributed by atoms with E-state index in [2.05, 4.69) is 25.3 Å². The van der Waals surface area contributed by atoms with Gasteiger partial charge < -0.3 is 10.1 Å². The highest BCUT2D eigenvalue weighted by Crippen LogP contribution is 2.27. The summed E-state index contributed by atoms with van der Waals surface area (Å²) in [6.07, 6.45) is 1.20. The molecule has 94 valence electrons. The molecule has 0 bridgehead atoms. The van der Waals surface area contributed by atoms with Crippen molar-refractivity contribution in [3.8, 4) is 0 Å². The quantitative estimate of drug-likeness (QED) is 0.509. The molecule has 0 aliphatic rings. The zero-order valence-corrected chi connectivity index (χ0v) is 10.1. The Kier molecular flexibility index (Phi) is 2.88. The summed E-state index contributed by atoms with van der Waals surface area (Å²) < 4.78 is 1.67. The molecule has 2 aromatic rings. The molecule has 2 aromatic heterocycles. The molecule has 0 radical (unpaired) electrons. The van der Waals surface area contributed by atoms with Crippen molar-refractivity contribution in [2.75, 3.05) is 0 Å². The maximum absolute atomic E-state index is 10.6. The van der Waals surface area contributed by atoms with Gasteiger partial charge in [-0.1, -0.05) is 0 Å². The van der Waals surface area contributed by atoms with Gasteiger partial charge in [0.05, 0.1) is 11.4 Å². The van der Waals surface area contributed by atoms with Gasteiger partial charge in [0.2, 0.25) is 0 Å². The molecule has 0 saturated carbocycles. The first-order chi connectivity index (χ1) is 8.50. The largest absolute Gasteiger partial charge is 0.369 e. The van der Waals surface area contributed by atoms with Crippen LogP contribution in [-0.2, 0) is 7.05 Å². The smallest absolute Gasteiger partial charge is 0.358 e. The Morgan fingerprint density at radius 1 is 1.44 bits per heavy atom. The summed E-state index contributed by atoms with van der Waals surface area (Å²) in [6.45, 7) is 3.63. The minimum atomic E-state index is -0.593. The average molecular weight is 249 g/mol. The number of nitrogens with one attached hydrogen (secondary N) is 1. The summed E-state index contributed by atoms with van der Waals surface area (Å²) in [6, 6.07) is 0. The molecule has 0 aliphatic carbocycles. The van der Waals surface area contributed by atoms with Gasteiger partial charge in [-0.2, -0.15) is 10.1 Å². The molecule has 0 atom stereocenters. The van der Waals surface area contributed by atoms with Crippen LogP contribution in [0.15, 0.2) is 16.6 Å². The molecule has 1 N–H and O–H groups in total. The Morgan fingerprint density at radius 3 is 2.72 bits per heavy atom. The molecular weight excluding hydrogens is 238 g/mol. The normalized spacial score (nSPS) is 11.3. The number of hydrogen-bond donors (Lipinski definition) is 1. The fourth-order valence-corrected chi connectivity index (χ4v) is 1.49. The lowest BCUT2D eigenvalue weighted by Crippen LogP contribution is -1.91. The van der Waals surface area contributed by atoms with Crippen LogP contribution in [0.5, 0.6) is 0 Å². The van der Waals surface area contributed by atoms with E-state index < -0.39 is 4.92 Å². The molecule has 18 heavy (non-hydrogen) atoms. The highest BCUT2D eigenvalue weighted by Gasteiger charge is 2.15. The Hall–Kier alpha value is -2.58. The van der Waals surface area contributed by atoms with Gasteiger partial charge in [-0.05, 0) is 18.8 Å². The SMILES string of the molecule is Cc1nn(C)c(C)c1N=Nc1nc[nH]c1[N+](=O)[O-]. The number of nitrogens with zero attached hydrogens (tertiary/aromatic N) is 6. The van der Waals surface area contributed by atoms with Crippen LogP contribution in [0.4, 0.5) is 17.3 Å². The lowest BCUT2D eigenvalue weighted by atomic mass is 10.3. The van der Waals surface area contributed by atoms with Crippen molar-refractivity contribution in [3.05, 3.63) is 27.8 Å². The zero-order valence-electron chi connectivity index (χ0n) is 10.1. The van der Waals surface area contributed by atoms with E-state index in [-0.39, 0.29) is 11.6 Å². The molecule has 0 aliphatic heterocycles. The summed E-state index contributed by atoms with van der Waals surface area (Å²) in [5.41, 5.74) is 2.13. The topological polar surface area (TPSA) is 114 Å². The van der Waals surface area contributed by atoms with Crippen LogP contribution >= 0.6 is 0 Å². The predicted molar refractivity (Wildman–Crippen MR) is 62.1 cm³/mol. The number of H-pyrrole nitrogens is 1. The molecule has 0 saturated heterocycles. The molecule has 0 fully saturated rings. The number of aromatic amines is 1. The standard InChI is InChI=1S/C9H11N7O2/c1-5-7(6(2)15(3)14-5)12-13-8-9(16(17)18)11-4-10-8/h4H,1-3H3,(H,10,11). The van der Waals surface area contributed by atoms with Crippen LogP contribution in [0.2, 0.25) is 0 Å². The highest BCUT2D eigenvalue weighted by molar-refractivity contribution is 5.48. The van der Waals surface area contributed by atoms with E-state index in [0.717, 1.165) is 5.69 Å². The van der Waals surface area contributed by atoms with E-state index in [9.17, 15) is 10.1 Å². The molecule has 0 amide bonds. The van der Waals surface area contributed by atoms with Gasteiger partial charge in [-0.25, -0.2) is 4.98 Å². The lowest BCUT2D eigenvalue weighted by Gasteiger charge is -1.93. The van der Waals surface area contributed by atoms with E-state index in [1.165, 1.54) is 6.33 Å². The first-order valence-corrected chi connectivity index (χ1v) is 5.10. The zero-order chi connectivity index (χ0) is 13.3. The fraction of sp³-hybridized carbons (Fsp3) is 0.333. The van der Waals surface area contributed by atoms with Gasteiger partial charge in [0.25, 0.3) is 5.82 Å². The number of imidazole rings is 1. The molecule has 9 heteroatoms. The summed E-state index contributed by atoms with van der Waals surface area (Å²) in [5, 5.41) is 22.6. The number of rotatable bonds is 3. The van der Waals surface area contributed by atoms with Crippen molar-refractivity contribution < 1.29 is 4.92 Å². The molecular formula is C9H11N7O2. The molecule has 0 spiro atoms. The van der Waals surface area contributed by atoms with Gasteiger partial charge in [-0.15, -0.1) is 10.2 Å². The van der Waals surface area contributed by atoms with Crippen molar-refractivity contribution in [2.45, 2.75) is 13.8 Å². The van der Waals surface area contributed by atoms with Crippen LogP contribution in [0.25, 0.3) is 0 Å². The Balaban J connectivity index is 2.36. The predicted octanol–water partition coefficient (Wildman–Crippen LogP) is 2.08. The number of aromatic nitrogens is 4. The van der Waals surface area contributed by atoms with E-state index in [1.54, 1.807) is 18.7 Å². The Labute approximate surface area is 102 Å². The Bertz CT molecular complexity index is 625.